The standard InChI is InChI=1S/C52H79N5O12/c1-31-16-12-11-13-17-32(2)43(65-8)28-39-21-19-37(7)52(64,69-39)49(61)50(62)56-23-15-14-18-41(56)51(63)68-44(34(4)26-38-20-22-40(45(27-38)66-9)57-54-30-53-55-57)29-42(58)33(3)25-36(6)47(60)48(67-10)46(59)35(5)24-31/h11-13,16-17,25,30-31,33-35,37-41,43-45,47-48,60,64H,14-15,18-24,26-29H2,1-10H3. The number of aromatic nitrogens is 4. The normalized spacial score (nSPS) is 36.3. The maximum absolute atomic E-state index is 14.5. The zero-order chi connectivity index (χ0) is 50.6. The van der Waals surface area contributed by atoms with Crippen molar-refractivity contribution >= 4 is 29.2 Å². The summed E-state index contributed by atoms with van der Waals surface area (Å²) in [4.78, 5) is 73.9. The van der Waals surface area contributed by atoms with Crippen LogP contribution in [0.15, 0.2) is 53.9 Å². The molecule has 1 saturated carbocycles. The van der Waals surface area contributed by atoms with Crippen LogP contribution in [-0.4, -0.2) is 141 Å². The Kier molecular flexibility index (Phi) is 20.8. The van der Waals surface area contributed by atoms with Gasteiger partial charge in [0.1, 0.15) is 30.1 Å². The van der Waals surface area contributed by atoms with E-state index >= 15 is 0 Å². The van der Waals surface area contributed by atoms with Crippen LogP contribution in [0.25, 0.3) is 0 Å². The number of aliphatic hydroxyl groups excluding tert-OH is 1. The molecule has 15 atom stereocenters. The summed E-state index contributed by atoms with van der Waals surface area (Å²) in [6, 6.07) is -1.24. The van der Waals surface area contributed by atoms with Gasteiger partial charge in [0, 0.05) is 58.5 Å². The summed E-state index contributed by atoms with van der Waals surface area (Å²) in [6.07, 6.45) is 13.7. The average molecular weight is 966 g/mol. The number of allylic oxidation sites excluding steroid dienone is 6. The number of cyclic esters (lactones) is 1. The largest absolute Gasteiger partial charge is 0.460 e. The zero-order valence-corrected chi connectivity index (χ0v) is 42.5. The molecule has 5 rings (SSSR count). The van der Waals surface area contributed by atoms with Gasteiger partial charge in [0.05, 0.1) is 24.4 Å². The second-order valence-corrected chi connectivity index (χ2v) is 20.3. The number of nitrogens with zero attached hydrogens (tertiary/aromatic N) is 5. The molecule has 0 spiro atoms. The third-order valence-electron chi connectivity index (χ3n) is 15.1. The number of hydrogen-bond acceptors (Lipinski definition) is 15. The summed E-state index contributed by atoms with van der Waals surface area (Å²) >= 11 is 0. The molecule has 1 aliphatic carbocycles. The lowest BCUT2D eigenvalue weighted by atomic mass is 9.77. The molecular weight excluding hydrogens is 887 g/mol. The van der Waals surface area contributed by atoms with E-state index in [1.807, 2.05) is 58.1 Å². The van der Waals surface area contributed by atoms with Crippen molar-refractivity contribution in [3.63, 3.8) is 0 Å². The van der Waals surface area contributed by atoms with E-state index in [9.17, 15) is 34.2 Å². The second kappa shape index (κ2) is 25.7. The molecule has 2 N–H and O–H groups in total. The molecule has 1 aromatic rings. The SMILES string of the molecule is COC1CC2CCC(C)C(O)(O2)C(=O)C(=O)N2CCCCC2C(=O)OC(C(C)CC2CCC(n3ncnn3)C(OC)C2)CC(=O)C(C)C=C(C)C(O)C(OC)C(=O)C(C)CC(C)C=CC=CC=C1C. The van der Waals surface area contributed by atoms with E-state index in [1.54, 1.807) is 45.9 Å². The Hall–Kier alpha value is -4.26. The highest BCUT2D eigenvalue weighted by molar-refractivity contribution is 6.39. The first-order valence-corrected chi connectivity index (χ1v) is 25.0. The van der Waals surface area contributed by atoms with Crippen LogP contribution in [0.4, 0.5) is 0 Å². The van der Waals surface area contributed by atoms with Gasteiger partial charge >= 0.3 is 5.97 Å². The minimum Gasteiger partial charge on any atom is -0.460 e. The summed E-state index contributed by atoms with van der Waals surface area (Å²) in [7, 11) is 4.61. The van der Waals surface area contributed by atoms with E-state index in [2.05, 4.69) is 15.4 Å². The van der Waals surface area contributed by atoms with Crippen LogP contribution in [0.1, 0.15) is 132 Å². The highest BCUT2D eigenvalue weighted by Gasteiger charge is 2.53. The molecule has 2 saturated heterocycles. The van der Waals surface area contributed by atoms with E-state index < -0.39 is 77.8 Å². The maximum Gasteiger partial charge on any atom is 0.329 e. The summed E-state index contributed by atoms with van der Waals surface area (Å²) in [5.74, 6) is -7.94. The lowest BCUT2D eigenvalue weighted by Crippen LogP contribution is -2.61. The highest BCUT2D eigenvalue weighted by atomic mass is 16.6. The van der Waals surface area contributed by atoms with E-state index in [0.29, 0.717) is 56.9 Å². The number of ketones is 3. The monoisotopic (exact) mass is 966 g/mol. The predicted octanol–water partition coefficient (Wildman–Crippen LogP) is 6.05. The van der Waals surface area contributed by atoms with E-state index in [0.717, 1.165) is 18.4 Å². The molecule has 1 aromatic heterocycles. The maximum atomic E-state index is 14.5. The molecular formula is C52H79N5O12. The molecule has 69 heavy (non-hydrogen) atoms. The summed E-state index contributed by atoms with van der Waals surface area (Å²) in [6.45, 7) is 12.8. The molecule has 0 radical (unpaired) electrons. The van der Waals surface area contributed by atoms with Crippen LogP contribution in [0.3, 0.4) is 0 Å². The molecule has 17 nitrogen and oxygen atoms in total. The Bertz CT molecular complexity index is 2020. The van der Waals surface area contributed by atoms with Crippen LogP contribution in [0.2, 0.25) is 0 Å². The summed E-state index contributed by atoms with van der Waals surface area (Å²) in [5.41, 5.74) is 1.27. The van der Waals surface area contributed by atoms with Crippen LogP contribution < -0.4 is 0 Å². The third-order valence-corrected chi connectivity index (χ3v) is 15.1. The van der Waals surface area contributed by atoms with E-state index in [1.165, 1.54) is 18.3 Å². The van der Waals surface area contributed by atoms with Gasteiger partial charge in [-0.3, -0.25) is 19.2 Å². The second-order valence-electron chi connectivity index (χ2n) is 20.3. The first-order valence-electron chi connectivity index (χ1n) is 25.0. The molecule has 3 aliphatic heterocycles. The molecule has 0 aromatic carbocycles. The Balaban J connectivity index is 1.46. The lowest BCUT2D eigenvalue weighted by molar-refractivity contribution is -0.265. The number of ether oxygens (including phenoxy) is 5. The Labute approximate surface area is 408 Å². The molecule has 384 valence electrons. The van der Waals surface area contributed by atoms with Crippen LogP contribution in [-0.2, 0) is 47.7 Å². The number of hydrogen-bond donors (Lipinski definition) is 2. The van der Waals surface area contributed by atoms with Crippen LogP contribution >= 0.6 is 0 Å². The smallest absolute Gasteiger partial charge is 0.329 e. The average Bonchev–Trinajstić information content (AvgIpc) is 3.88. The van der Waals surface area contributed by atoms with Crippen molar-refractivity contribution < 1.29 is 57.9 Å². The Morgan fingerprint density at radius 2 is 1.64 bits per heavy atom. The Morgan fingerprint density at radius 1 is 0.884 bits per heavy atom. The number of aliphatic hydroxyl groups is 2. The van der Waals surface area contributed by atoms with Crippen molar-refractivity contribution in [3.8, 4) is 0 Å². The summed E-state index contributed by atoms with van der Waals surface area (Å²) < 4.78 is 29.9. The number of esters is 1. The molecule has 4 aliphatic rings. The minimum absolute atomic E-state index is 0.0168. The van der Waals surface area contributed by atoms with Gasteiger partial charge in [-0.2, -0.15) is 4.80 Å². The van der Waals surface area contributed by atoms with Gasteiger partial charge in [-0.05, 0) is 112 Å². The van der Waals surface area contributed by atoms with Gasteiger partial charge in [-0.15, -0.1) is 10.2 Å². The number of Topliss-reactive ketones (excluding diaryl/α,β-unsaturated/α-hetero) is 3. The van der Waals surface area contributed by atoms with Gasteiger partial charge in [-0.25, -0.2) is 4.79 Å². The number of amides is 1. The lowest BCUT2D eigenvalue weighted by Gasteiger charge is -2.42. The number of piperidine rings is 1. The molecule has 17 heteroatoms. The molecule has 1 amide bonds. The number of carbonyl (C=O) groups excluding carboxylic acids is 5. The Morgan fingerprint density at radius 3 is 2.32 bits per heavy atom. The first-order chi connectivity index (χ1) is 32.8. The van der Waals surface area contributed by atoms with Crippen molar-refractivity contribution in [2.24, 2.45) is 35.5 Å². The molecule has 15 unspecified atom stereocenters. The van der Waals surface area contributed by atoms with Crippen LogP contribution in [0, 0.1) is 35.5 Å². The predicted molar refractivity (Wildman–Crippen MR) is 256 cm³/mol. The van der Waals surface area contributed by atoms with E-state index in [4.69, 9.17) is 23.7 Å². The first kappa shape index (κ1) is 55.7. The molecule has 2 bridgehead atoms. The van der Waals surface area contributed by atoms with Gasteiger partial charge in [0.2, 0.25) is 5.79 Å². The minimum atomic E-state index is -2.43. The van der Waals surface area contributed by atoms with Gasteiger partial charge in [-0.1, -0.05) is 71.1 Å². The third kappa shape index (κ3) is 14.2. The topological polar surface area (TPSA) is 219 Å². The fraction of sp³-hybridized carbons (Fsp3) is 0.731. The highest BCUT2D eigenvalue weighted by Crippen LogP contribution is 2.39. The zero-order valence-electron chi connectivity index (χ0n) is 42.5. The fourth-order valence-corrected chi connectivity index (χ4v) is 10.7. The van der Waals surface area contributed by atoms with Crippen molar-refractivity contribution in [2.45, 2.75) is 180 Å². The van der Waals surface area contributed by atoms with Gasteiger partial charge < -0.3 is 38.8 Å². The van der Waals surface area contributed by atoms with Crippen molar-refractivity contribution in [3.05, 3.63) is 53.9 Å². The van der Waals surface area contributed by atoms with Gasteiger partial charge in [0.15, 0.2) is 12.1 Å². The van der Waals surface area contributed by atoms with Crippen molar-refractivity contribution in [1.29, 1.82) is 0 Å². The number of rotatable bonds is 7. The summed E-state index contributed by atoms with van der Waals surface area (Å²) in [5, 5.41) is 35.7. The number of tetrazole rings is 1. The van der Waals surface area contributed by atoms with Gasteiger partial charge in [0.25, 0.3) is 11.7 Å². The molecule has 4 heterocycles. The number of fused-ring (bicyclic) bond motifs is 3. The van der Waals surface area contributed by atoms with Crippen molar-refractivity contribution in [2.75, 3.05) is 27.9 Å². The molecule has 3 fully saturated rings. The van der Waals surface area contributed by atoms with E-state index in [-0.39, 0.29) is 60.9 Å². The van der Waals surface area contributed by atoms with Crippen LogP contribution in [0.5, 0.6) is 0 Å². The fourth-order valence-electron chi connectivity index (χ4n) is 10.7. The quantitative estimate of drug-likeness (QED) is 0.181. The number of methoxy groups -OCH3 is 3. The van der Waals surface area contributed by atoms with Crippen molar-refractivity contribution in [1.82, 2.24) is 25.1 Å². The number of carbonyl (C=O) groups is 5.